The van der Waals surface area contributed by atoms with E-state index in [0.717, 1.165) is 28.0 Å². The summed E-state index contributed by atoms with van der Waals surface area (Å²) in [7, 11) is 0. The first kappa shape index (κ1) is 18.6. The van der Waals surface area contributed by atoms with Crippen molar-refractivity contribution in [2.24, 2.45) is 0 Å². The van der Waals surface area contributed by atoms with Crippen LogP contribution in [0.25, 0.3) is 11.5 Å². The van der Waals surface area contributed by atoms with Crippen molar-refractivity contribution in [1.29, 1.82) is 0 Å². The third-order valence-corrected chi connectivity index (χ3v) is 5.19. The van der Waals surface area contributed by atoms with Gasteiger partial charge in [0.1, 0.15) is 0 Å². The molecule has 3 aromatic rings. The summed E-state index contributed by atoms with van der Waals surface area (Å²) in [5.74, 6) is 0.264. The van der Waals surface area contributed by atoms with Crippen molar-refractivity contribution >= 4 is 15.9 Å². The molecule has 0 amide bonds. The second-order valence-electron chi connectivity index (χ2n) is 6.09. The first-order valence-corrected chi connectivity index (χ1v) is 8.66. The van der Waals surface area contributed by atoms with Gasteiger partial charge in [-0.1, -0.05) is 13.0 Å². The maximum atomic E-state index is 12.9. The highest BCUT2D eigenvalue weighted by atomic mass is 79.9. The molecule has 0 saturated heterocycles. The lowest BCUT2D eigenvalue weighted by molar-refractivity contribution is -0.137. The number of alkyl halides is 3. The zero-order chi connectivity index (χ0) is 19.1. The summed E-state index contributed by atoms with van der Waals surface area (Å²) in [4.78, 5) is 0. The third kappa shape index (κ3) is 3.67. The first-order valence-electron chi connectivity index (χ1n) is 7.87. The molecule has 0 radical (unpaired) electrons. The molecule has 0 aliphatic carbocycles. The Bertz CT molecular complexity index is 932. The van der Waals surface area contributed by atoms with Crippen LogP contribution in [0.5, 0.6) is 0 Å². The highest BCUT2D eigenvalue weighted by molar-refractivity contribution is 9.10. The van der Waals surface area contributed by atoms with Gasteiger partial charge in [-0.3, -0.25) is 4.68 Å². The standard InChI is InChI=1S/C17H16BrF3N4O/c1-9(8-25-11(3)14(18)10(2)24-25)15-22-23-16(26-15)12-5-4-6-13(7-12)17(19,20)21/h4-7,9H,8H2,1-3H3. The van der Waals surface area contributed by atoms with Crippen molar-refractivity contribution in [1.82, 2.24) is 20.0 Å². The van der Waals surface area contributed by atoms with E-state index in [1.165, 1.54) is 12.1 Å². The molecule has 26 heavy (non-hydrogen) atoms. The van der Waals surface area contributed by atoms with Crippen LogP contribution in [0.3, 0.4) is 0 Å². The van der Waals surface area contributed by atoms with E-state index in [-0.39, 0.29) is 17.4 Å². The smallest absolute Gasteiger partial charge is 0.416 e. The van der Waals surface area contributed by atoms with Gasteiger partial charge in [0.25, 0.3) is 0 Å². The van der Waals surface area contributed by atoms with E-state index in [0.29, 0.717) is 12.4 Å². The number of rotatable bonds is 4. The quantitative estimate of drug-likeness (QED) is 0.577. The van der Waals surface area contributed by atoms with Gasteiger partial charge in [-0.25, -0.2) is 0 Å². The molecular formula is C17H16BrF3N4O. The number of aryl methyl sites for hydroxylation is 1. The predicted octanol–water partition coefficient (Wildman–Crippen LogP) is 5.13. The summed E-state index contributed by atoms with van der Waals surface area (Å²) in [6, 6.07) is 4.83. The van der Waals surface area contributed by atoms with E-state index in [1.54, 1.807) is 0 Å². The largest absolute Gasteiger partial charge is 0.420 e. The normalized spacial score (nSPS) is 13.2. The number of aromatic nitrogens is 4. The SMILES string of the molecule is Cc1nn(CC(C)c2nnc(-c3cccc(C(F)(F)F)c3)o2)c(C)c1Br. The Balaban J connectivity index is 1.82. The molecule has 5 nitrogen and oxygen atoms in total. The summed E-state index contributed by atoms with van der Waals surface area (Å²) in [6.07, 6.45) is -4.42. The first-order chi connectivity index (χ1) is 12.2. The molecule has 0 spiro atoms. The van der Waals surface area contributed by atoms with Gasteiger partial charge in [0.05, 0.1) is 28.2 Å². The molecule has 138 valence electrons. The van der Waals surface area contributed by atoms with Crippen molar-refractivity contribution in [3.8, 4) is 11.5 Å². The lowest BCUT2D eigenvalue weighted by Crippen LogP contribution is -2.09. The van der Waals surface area contributed by atoms with Gasteiger partial charge in [-0.2, -0.15) is 18.3 Å². The second kappa shape index (κ2) is 6.86. The van der Waals surface area contributed by atoms with E-state index in [2.05, 4.69) is 31.2 Å². The lowest BCUT2D eigenvalue weighted by atomic mass is 10.1. The van der Waals surface area contributed by atoms with E-state index < -0.39 is 11.7 Å². The van der Waals surface area contributed by atoms with Gasteiger partial charge in [0.15, 0.2) is 0 Å². The summed E-state index contributed by atoms with van der Waals surface area (Å²) in [6.45, 7) is 6.26. The molecule has 1 unspecified atom stereocenters. The number of nitrogens with zero attached hydrogens (tertiary/aromatic N) is 4. The van der Waals surface area contributed by atoms with Crippen LogP contribution in [0.1, 0.15) is 35.7 Å². The van der Waals surface area contributed by atoms with E-state index >= 15 is 0 Å². The summed E-state index contributed by atoms with van der Waals surface area (Å²) in [5.41, 5.74) is 1.34. The minimum atomic E-state index is -4.42. The molecule has 2 heterocycles. The Morgan fingerprint density at radius 3 is 2.58 bits per heavy atom. The zero-order valence-corrected chi connectivity index (χ0v) is 15.9. The van der Waals surface area contributed by atoms with Gasteiger partial charge in [-0.05, 0) is 48.0 Å². The molecule has 0 fully saturated rings. The Morgan fingerprint density at radius 1 is 1.23 bits per heavy atom. The zero-order valence-electron chi connectivity index (χ0n) is 14.3. The Hall–Kier alpha value is -2.16. The number of halogens is 4. The van der Waals surface area contributed by atoms with Crippen LogP contribution < -0.4 is 0 Å². The maximum absolute atomic E-state index is 12.9. The molecule has 1 aromatic carbocycles. The van der Waals surface area contributed by atoms with Crippen molar-refractivity contribution < 1.29 is 17.6 Å². The fourth-order valence-electron chi connectivity index (χ4n) is 2.57. The molecule has 0 saturated carbocycles. The fraction of sp³-hybridized carbons (Fsp3) is 0.353. The van der Waals surface area contributed by atoms with Gasteiger partial charge < -0.3 is 4.42 Å². The topological polar surface area (TPSA) is 56.7 Å². The molecular weight excluding hydrogens is 413 g/mol. The Morgan fingerprint density at radius 2 is 1.96 bits per heavy atom. The van der Waals surface area contributed by atoms with Gasteiger partial charge >= 0.3 is 6.18 Å². The van der Waals surface area contributed by atoms with Crippen LogP contribution >= 0.6 is 15.9 Å². The van der Waals surface area contributed by atoms with Crippen molar-refractivity contribution in [3.63, 3.8) is 0 Å². The van der Waals surface area contributed by atoms with Crippen LogP contribution in [0.4, 0.5) is 13.2 Å². The summed E-state index contributed by atoms with van der Waals surface area (Å²) in [5, 5.41) is 12.3. The van der Waals surface area contributed by atoms with E-state index in [1.807, 2.05) is 25.5 Å². The van der Waals surface area contributed by atoms with Crippen molar-refractivity contribution in [3.05, 3.63) is 51.6 Å². The molecule has 0 aliphatic rings. The van der Waals surface area contributed by atoms with Gasteiger partial charge in [-0.15, -0.1) is 10.2 Å². The average molecular weight is 429 g/mol. The Labute approximate surface area is 156 Å². The van der Waals surface area contributed by atoms with Crippen LogP contribution in [0, 0.1) is 13.8 Å². The number of benzene rings is 1. The van der Waals surface area contributed by atoms with E-state index in [9.17, 15) is 13.2 Å². The molecule has 2 aromatic heterocycles. The maximum Gasteiger partial charge on any atom is 0.416 e. The van der Waals surface area contributed by atoms with Gasteiger partial charge in [0.2, 0.25) is 11.8 Å². The number of hydrogen-bond acceptors (Lipinski definition) is 4. The molecule has 3 rings (SSSR count). The second-order valence-corrected chi connectivity index (χ2v) is 6.88. The number of hydrogen-bond donors (Lipinski definition) is 0. The minimum Gasteiger partial charge on any atom is -0.420 e. The molecule has 1 atom stereocenters. The highest BCUT2D eigenvalue weighted by Crippen LogP contribution is 2.32. The van der Waals surface area contributed by atoms with Crippen LogP contribution in [-0.2, 0) is 12.7 Å². The Kier molecular flexibility index (Phi) is 4.92. The van der Waals surface area contributed by atoms with Crippen LogP contribution in [-0.4, -0.2) is 20.0 Å². The van der Waals surface area contributed by atoms with E-state index in [4.69, 9.17) is 4.42 Å². The molecule has 0 aliphatic heterocycles. The monoisotopic (exact) mass is 428 g/mol. The summed E-state index contributed by atoms with van der Waals surface area (Å²) >= 11 is 3.48. The molecule has 0 bridgehead atoms. The fourth-order valence-corrected chi connectivity index (χ4v) is 2.85. The third-order valence-electron chi connectivity index (χ3n) is 4.04. The molecule has 9 heteroatoms. The molecule has 0 N–H and O–H groups in total. The predicted molar refractivity (Wildman–Crippen MR) is 92.6 cm³/mol. The van der Waals surface area contributed by atoms with Crippen LogP contribution in [0.2, 0.25) is 0 Å². The van der Waals surface area contributed by atoms with Gasteiger partial charge in [0, 0.05) is 11.3 Å². The minimum absolute atomic E-state index is 0.0625. The van der Waals surface area contributed by atoms with Crippen molar-refractivity contribution in [2.45, 2.75) is 39.4 Å². The van der Waals surface area contributed by atoms with Crippen molar-refractivity contribution in [2.75, 3.05) is 0 Å². The highest BCUT2D eigenvalue weighted by Gasteiger charge is 2.31. The summed E-state index contributed by atoms with van der Waals surface area (Å²) < 4.78 is 46.9. The lowest BCUT2D eigenvalue weighted by Gasteiger charge is -2.09. The van der Waals surface area contributed by atoms with Crippen LogP contribution in [0.15, 0.2) is 33.2 Å². The average Bonchev–Trinajstić information content (AvgIpc) is 3.17.